The first-order valence-corrected chi connectivity index (χ1v) is 6.68. The van der Waals surface area contributed by atoms with Crippen LogP contribution in [0, 0.1) is 0 Å². The molecule has 0 saturated heterocycles. The average Bonchev–Trinajstić information content (AvgIpc) is 2.69. The van der Waals surface area contributed by atoms with E-state index in [0.717, 1.165) is 11.3 Å². The third-order valence-electron chi connectivity index (χ3n) is 2.18. The van der Waals surface area contributed by atoms with Crippen molar-refractivity contribution >= 4 is 21.4 Å². The lowest BCUT2D eigenvalue weighted by molar-refractivity contribution is -0.998. The van der Waals surface area contributed by atoms with Crippen LogP contribution in [-0.2, 0) is 10.0 Å². The van der Waals surface area contributed by atoms with Gasteiger partial charge in [0.2, 0.25) is 0 Å². The van der Waals surface area contributed by atoms with Crippen LogP contribution < -0.4 is 0 Å². The molecule has 1 N–H and O–H groups in total. The molecule has 0 amide bonds. The Balaban J connectivity index is 3.20. The van der Waals surface area contributed by atoms with Gasteiger partial charge in [-0.1, -0.05) is 4.05 Å². The van der Waals surface area contributed by atoms with Crippen molar-refractivity contribution < 1.29 is 17.7 Å². The van der Waals surface area contributed by atoms with Crippen molar-refractivity contribution in [1.29, 1.82) is 0 Å². The summed E-state index contributed by atoms with van der Waals surface area (Å²) >= 11 is 1.12. The lowest BCUT2D eigenvalue weighted by Gasteiger charge is -2.25. The van der Waals surface area contributed by atoms with Crippen LogP contribution in [0.25, 0.3) is 0 Å². The van der Waals surface area contributed by atoms with Gasteiger partial charge in [0.15, 0.2) is 4.21 Å². The Bertz CT molecular complexity index is 379. The van der Waals surface area contributed by atoms with E-state index in [0.29, 0.717) is 0 Å². The summed E-state index contributed by atoms with van der Waals surface area (Å²) in [5.41, 5.74) is 0. The molecule has 0 atom stereocenters. The molecule has 4 nitrogen and oxygen atoms in total. The van der Waals surface area contributed by atoms with E-state index in [9.17, 15) is 13.6 Å². The van der Waals surface area contributed by atoms with Crippen LogP contribution in [0.5, 0.6) is 0 Å². The molecule has 0 spiro atoms. The van der Waals surface area contributed by atoms with Gasteiger partial charge >= 0.3 is 10.0 Å². The third kappa shape index (κ3) is 1.70. The maximum absolute atomic E-state index is 11.9. The topological polar surface area (TPSA) is 54.4 Å². The predicted molar refractivity (Wildman–Crippen MR) is 54.6 cm³/mol. The minimum Gasteiger partial charge on any atom is -0.200 e. The maximum Gasteiger partial charge on any atom is 0.366 e. The van der Waals surface area contributed by atoms with Crippen LogP contribution in [0.3, 0.4) is 0 Å². The smallest absolute Gasteiger partial charge is 0.200 e. The summed E-state index contributed by atoms with van der Waals surface area (Å²) in [5, 5.41) is 11.6. The largest absolute Gasteiger partial charge is 0.366 e. The molecule has 14 heavy (non-hydrogen) atoms. The predicted octanol–water partition coefficient (Wildman–Crippen LogP) is 1.68. The number of rotatable bonds is 4. The number of quaternary nitrogens is 1. The van der Waals surface area contributed by atoms with Gasteiger partial charge in [-0.3, -0.25) is 0 Å². The van der Waals surface area contributed by atoms with Crippen molar-refractivity contribution in [3.05, 3.63) is 17.5 Å². The number of hydroxylamine groups is 2. The molecule has 0 radical (unpaired) electrons. The van der Waals surface area contributed by atoms with Gasteiger partial charge < -0.3 is 0 Å². The second-order valence-electron chi connectivity index (χ2n) is 2.89. The van der Waals surface area contributed by atoms with Gasteiger partial charge in [-0.25, -0.2) is 5.21 Å². The zero-order chi connectivity index (χ0) is 10.8. The second-order valence-corrected chi connectivity index (χ2v) is 6.16. The fourth-order valence-electron chi connectivity index (χ4n) is 1.14. The van der Waals surface area contributed by atoms with Crippen LogP contribution in [0.2, 0.25) is 0 Å². The summed E-state index contributed by atoms with van der Waals surface area (Å²) in [5.74, 6) is 0. The van der Waals surface area contributed by atoms with Crippen LogP contribution in [-0.4, -0.2) is 30.8 Å². The molecule has 0 aliphatic heterocycles. The van der Waals surface area contributed by atoms with Gasteiger partial charge in [0, 0.05) is 0 Å². The van der Waals surface area contributed by atoms with E-state index < -0.39 is 14.1 Å². The van der Waals surface area contributed by atoms with Crippen molar-refractivity contribution in [2.45, 2.75) is 18.1 Å². The Morgan fingerprint density at radius 1 is 1.43 bits per heavy atom. The number of nitrogens with zero attached hydrogens (tertiary/aromatic N) is 1. The second kappa shape index (κ2) is 3.98. The Labute approximate surface area is 88.0 Å². The SMILES string of the molecule is CC[N+](O)(CC)S(=O)(=O)c1cccs1. The highest BCUT2D eigenvalue weighted by atomic mass is 32.2. The molecule has 0 bridgehead atoms. The van der Waals surface area contributed by atoms with E-state index in [1.54, 1.807) is 25.3 Å². The lowest BCUT2D eigenvalue weighted by atomic mass is 10.6. The first kappa shape index (κ1) is 11.6. The highest BCUT2D eigenvalue weighted by Crippen LogP contribution is 2.24. The van der Waals surface area contributed by atoms with E-state index in [4.69, 9.17) is 0 Å². The Morgan fingerprint density at radius 3 is 2.36 bits per heavy atom. The normalized spacial score (nSPS) is 13.1. The van der Waals surface area contributed by atoms with Crippen molar-refractivity contribution in [2.75, 3.05) is 13.1 Å². The fraction of sp³-hybridized carbons (Fsp3) is 0.500. The number of sulfonamides is 1. The van der Waals surface area contributed by atoms with Gasteiger partial charge in [-0.15, -0.1) is 11.3 Å². The Hall–Kier alpha value is -0.430. The summed E-state index contributed by atoms with van der Waals surface area (Å²) in [4.78, 5) is 0. The Kier molecular flexibility index (Phi) is 3.31. The molecule has 0 unspecified atom stereocenters. The Morgan fingerprint density at radius 2 is 2.00 bits per heavy atom. The third-order valence-corrected chi connectivity index (χ3v) is 5.82. The van der Waals surface area contributed by atoms with Gasteiger partial charge in [-0.2, -0.15) is 8.42 Å². The standard InChI is InChI=1S/C8H14NO3S2/c1-3-9(10,4-2)14(11,12)8-6-5-7-13-8/h5-7,10H,3-4H2,1-2H3/q+1. The van der Waals surface area contributed by atoms with E-state index in [-0.39, 0.29) is 17.3 Å². The summed E-state index contributed by atoms with van der Waals surface area (Å²) in [6.45, 7) is 3.59. The molecule has 0 aromatic carbocycles. The van der Waals surface area contributed by atoms with Crippen LogP contribution in [0.4, 0.5) is 0 Å². The molecule has 0 aliphatic carbocycles. The summed E-state index contributed by atoms with van der Waals surface area (Å²) < 4.78 is 23.1. The molecule has 0 fully saturated rings. The number of hydrogen-bond donors (Lipinski definition) is 1. The minimum atomic E-state index is -3.65. The van der Waals surface area contributed by atoms with E-state index in [1.165, 1.54) is 6.07 Å². The first-order chi connectivity index (χ1) is 6.48. The lowest BCUT2D eigenvalue weighted by Crippen LogP contribution is -2.49. The molecular formula is C8H14NO3S2+. The molecule has 6 heteroatoms. The summed E-state index contributed by atoms with van der Waals surface area (Å²) in [7, 11) is -3.65. The quantitative estimate of drug-likeness (QED) is 0.639. The highest BCUT2D eigenvalue weighted by Gasteiger charge is 2.40. The molecule has 1 rings (SSSR count). The van der Waals surface area contributed by atoms with E-state index in [1.807, 2.05) is 0 Å². The average molecular weight is 236 g/mol. The zero-order valence-corrected chi connectivity index (χ0v) is 9.81. The van der Waals surface area contributed by atoms with Crippen LogP contribution >= 0.6 is 11.3 Å². The van der Waals surface area contributed by atoms with Crippen molar-refractivity contribution in [3.63, 3.8) is 0 Å². The van der Waals surface area contributed by atoms with E-state index in [2.05, 4.69) is 0 Å². The van der Waals surface area contributed by atoms with E-state index >= 15 is 0 Å². The summed E-state index contributed by atoms with van der Waals surface area (Å²) in [6, 6.07) is 3.17. The van der Waals surface area contributed by atoms with Crippen LogP contribution in [0.15, 0.2) is 21.7 Å². The monoisotopic (exact) mass is 236 g/mol. The molecular weight excluding hydrogens is 222 g/mol. The number of thiophene rings is 1. The highest BCUT2D eigenvalue weighted by molar-refractivity contribution is 7.88. The fourth-order valence-corrected chi connectivity index (χ4v) is 3.92. The first-order valence-electron chi connectivity index (χ1n) is 4.36. The van der Waals surface area contributed by atoms with Crippen molar-refractivity contribution in [3.8, 4) is 0 Å². The zero-order valence-electron chi connectivity index (χ0n) is 8.17. The molecule has 80 valence electrons. The maximum atomic E-state index is 11.9. The van der Waals surface area contributed by atoms with Gasteiger partial charge in [0.25, 0.3) is 0 Å². The van der Waals surface area contributed by atoms with Crippen molar-refractivity contribution in [1.82, 2.24) is 0 Å². The summed E-state index contributed by atoms with van der Waals surface area (Å²) in [6.07, 6.45) is 0. The number of hydrogen-bond acceptors (Lipinski definition) is 4. The van der Waals surface area contributed by atoms with Crippen molar-refractivity contribution in [2.24, 2.45) is 0 Å². The molecule has 0 aliphatic rings. The molecule has 1 aromatic rings. The molecule has 1 aromatic heterocycles. The van der Waals surface area contributed by atoms with Gasteiger partial charge in [-0.05, 0) is 31.4 Å². The molecule has 0 saturated carbocycles. The van der Waals surface area contributed by atoms with Crippen LogP contribution in [0.1, 0.15) is 13.8 Å². The minimum absolute atomic E-state index is 0.150. The van der Waals surface area contributed by atoms with Gasteiger partial charge in [0.1, 0.15) is 13.1 Å². The molecule has 1 heterocycles. The van der Waals surface area contributed by atoms with Gasteiger partial charge in [0.05, 0.1) is 0 Å².